The van der Waals surface area contributed by atoms with Gasteiger partial charge in [0.1, 0.15) is 16.5 Å². The number of hydrogen-bond donors (Lipinski definition) is 1. The van der Waals surface area contributed by atoms with Gasteiger partial charge in [-0.1, -0.05) is 6.92 Å². The van der Waals surface area contributed by atoms with Gasteiger partial charge in [0.15, 0.2) is 0 Å². The van der Waals surface area contributed by atoms with Gasteiger partial charge in [-0.05, 0) is 36.8 Å². The second-order valence-corrected chi connectivity index (χ2v) is 10.6. The van der Waals surface area contributed by atoms with Crippen LogP contribution in [0.25, 0.3) is 10.2 Å². The van der Waals surface area contributed by atoms with Crippen LogP contribution in [0, 0.1) is 11.6 Å². The standard InChI is InChI=1S/C16H14F2N2O4S3/c1-2-7-26(21,22)16-19-13-5-4-11(9-14(13)25-16)20-27(23,24)15-6-3-10(17)8-12(15)18/h3-6,8-9,20H,2,7H2,1H3. The minimum absolute atomic E-state index is 0.0316. The van der Waals surface area contributed by atoms with E-state index >= 15 is 0 Å². The fourth-order valence-electron chi connectivity index (χ4n) is 2.36. The maximum Gasteiger partial charge on any atom is 0.264 e. The van der Waals surface area contributed by atoms with Crippen molar-refractivity contribution in [1.82, 2.24) is 4.98 Å². The molecule has 2 aromatic carbocycles. The number of thiazole rings is 1. The van der Waals surface area contributed by atoms with Gasteiger partial charge in [0.2, 0.25) is 14.2 Å². The summed E-state index contributed by atoms with van der Waals surface area (Å²) in [7, 11) is -7.77. The van der Waals surface area contributed by atoms with Crippen LogP contribution in [0.5, 0.6) is 0 Å². The molecule has 0 aliphatic carbocycles. The summed E-state index contributed by atoms with van der Waals surface area (Å²) in [4.78, 5) is 3.38. The molecule has 0 aliphatic rings. The van der Waals surface area contributed by atoms with Crippen molar-refractivity contribution in [2.45, 2.75) is 22.6 Å². The molecule has 3 rings (SSSR count). The van der Waals surface area contributed by atoms with Gasteiger partial charge in [-0.3, -0.25) is 4.72 Å². The molecule has 0 unspecified atom stereocenters. The maximum atomic E-state index is 13.8. The first kappa shape index (κ1) is 19.6. The molecule has 1 heterocycles. The Bertz CT molecular complexity index is 1220. The molecule has 1 N–H and O–H groups in total. The summed E-state index contributed by atoms with van der Waals surface area (Å²) >= 11 is 0.928. The highest BCUT2D eigenvalue weighted by atomic mass is 32.2. The smallest absolute Gasteiger partial charge is 0.264 e. The minimum atomic E-state index is -4.29. The van der Waals surface area contributed by atoms with Gasteiger partial charge in [-0.15, -0.1) is 11.3 Å². The quantitative estimate of drug-likeness (QED) is 0.643. The van der Waals surface area contributed by atoms with E-state index in [-0.39, 0.29) is 15.8 Å². The lowest BCUT2D eigenvalue weighted by molar-refractivity contribution is 0.551. The van der Waals surface area contributed by atoms with Gasteiger partial charge in [-0.2, -0.15) is 0 Å². The minimum Gasteiger partial charge on any atom is -0.279 e. The molecule has 6 nitrogen and oxygen atoms in total. The first-order valence-corrected chi connectivity index (χ1v) is 11.7. The van der Waals surface area contributed by atoms with Crippen LogP contribution in [0.4, 0.5) is 14.5 Å². The Morgan fingerprint density at radius 2 is 1.81 bits per heavy atom. The zero-order chi connectivity index (χ0) is 19.8. The fraction of sp³-hybridized carbons (Fsp3) is 0.188. The van der Waals surface area contributed by atoms with E-state index in [9.17, 15) is 25.6 Å². The molecule has 27 heavy (non-hydrogen) atoms. The predicted molar refractivity (Wildman–Crippen MR) is 99.1 cm³/mol. The lowest BCUT2D eigenvalue weighted by atomic mass is 10.3. The molecule has 1 aromatic heterocycles. The fourth-order valence-corrected chi connectivity index (χ4v) is 6.18. The Kier molecular flexibility index (Phi) is 5.19. The number of sulfone groups is 1. The molecule has 0 radical (unpaired) electrons. The van der Waals surface area contributed by atoms with Crippen molar-refractivity contribution in [3.63, 3.8) is 0 Å². The van der Waals surface area contributed by atoms with Crippen LogP contribution in [0.2, 0.25) is 0 Å². The Morgan fingerprint density at radius 1 is 1.07 bits per heavy atom. The number of benzene rings is 2. The molecule has 0 saturated heterocycles. The molecule has 0 atom stereocenters. The average Bonchev–Trinajstić information content (AvgIpc) is 2.98. The van der Waals surface area contributed by atoms with Gasteiger partial charge in [-0.25, -0.2) is 30.6 Å². The summed E-state index contributed by atoms with van der Waals surface area (Å²) in [6, 6.07) is 6.41. The molecule has 0 saturated carbocycles. The topological polar surface area (TPSA) is 93.2 Å². The molecule has 0 bridgehead atoms. The molecular weight excluding hydrogens is 418 g/mol. The molecule has 144 valence electrons. The Hall–Kier alpha value is -2.11. The first-order valence-electron chi connectivity index (χ1n) is 7.73. The van der Waals surface area contributed by atoms with Crippen LogP contribution in [-0.4, -0.2) is 27.6 Å². The van der Waals surface area contributed by atoms with Gasteiger partial charge in [0, 0.05) is 6.07 Å². The third-order valence-electron chi connectivity index (χ3n) is 3.54. The second-order valence-electron chi connectivity index (χ2n) is 5.66. The molecule has 3 aromatic rings. The van der Waals surface area contributed by atoms with Gasteiger partial charge < -0.3 is 0 Å². The molecule has 11 heteroatoms. The van der Waals surface area contributed by atoms with Crippen molar-refractivity contribution >= 4 is 47.1 Å². The van der Waals surface area contributed by atoms with E-state index in [4.69, 9.17) is 0 Å². The molecule has 0 fully saturated rings. The number of fused-ring (bicyclic) bond motifs is 1. The number of nitrogens with zero attached hydrogens (tertiary/aromatic N) is 1. The number of halogens is 2. The Morgan fingerprint density at radius 3 is 2.48 bits per heavy atom. The van der Waals surface area contributed by atoms with E-state index in [1.54, 1.807) is 6.92 Å². The number of sulfonamides is 1. The van der Waals surface area contributed by atoms with Crippen molar-refractivity contribution in [3.8, 4) is 0 Å². The van der Waals surface area contributed by atoms with Crippen LogP contribution >= 0.6 is 11.3 Å². The van der Waals surface area contributed by atoms with Crippen molar-refractivity contribution in [2.75, 3.05) is 10.5 Å². The monoisotopic (exact) mass is 432 g/mol. The summed E-state index contributed by atoms with van der Waals surface area (Å²) < 4.78 is 78.3. The third kappa shape index (κ3) is 4.09. The number of anilines is 1. The highest BCUT2D eigenvalue weighted by Crippen LogP contribution is 2.30. The summed E-state index contributed by atoms with van der Waals surface area (Å²) in [5.74, 6) is -2.14. The summed E-state index contributed by atoms with van der Waals surface area (Å²) in [5, 5.41) is 0. The van der Waals surface area contributed by atoms with E-state index in [1.807, 2.05) is 0 Å². The second kappa shape index (κ2) is 7.13. The summed E-state index contributed by atoms with van der Waals surface area (Å²) in [6.07, 6.45) is 0.451. The van der Waals surface area contributed by atoms with Crippen LogP contribution in [0.1, 0.15) is 13.3 Å². The molecule has 0 spiro atoms. The van der Waals surface area contributed by atoms with Gasteiger partial charge in [0.05, 0.1) is 21.7 Å². The number of aromatic nitrogens is 1. The normalized spacial score (nSPS) is 12.4. The highest BCUT2D eigenvalue weighted by Gasteiger charge is 2.21. The van der Waals surface area contributed by atoms with E-state index in [1.165, 1.54) is 18.2 Å². The third-order valence-corrected chi connectivity index (χ3v) is 8.35. The Balaban J connectivity index is 1.96. The van der Waals surface area contributed by atoms with Crippen molar-refractivity contribution < 1.29 is 25.6 Å². The molecule has 0 amide bonds. The van der Waals surface area contributed by atoms with E-state index in [2.05, 4.69) is 9.71 Å². The zero-order valence-electron chi connectivity index (χ0n) is 13.9. The SMILES string of the molecule is CCCS(=O)(=O)c1nc2ccc(NS(=O)(=O)c3ccc(F)cc3F)cc2s1. The molecular formula is C16H14F2N2O4S3. The maximum absolute atomic E-state index is 13.8. The average molecular weight is 432 g/mol. The summed E-state index contributed by atoms with van der Waals surface area (Å²) in [6.45, 7) is 1.74. The number of rotatable bonds is 6. The van der Waals surface area contributed by atoms with E-state index < -0.39 is 36.4 Å². The molecule has 0 aliphatic heterocycles. The van der Waals surface area contributed by atoms with E-state index in [0.717, 1.165) is 23.5 Å². The van der Waals surface area contributed by atoms with Crippen LogP contribution in [-0.2, 0) is 19.9 Å². The largest absolute Gasteiger partial charge is 0.279 e. The van der Waals surface area contributed by atoms with Gasteiger partial charge in [0.25, 0.3) is 10.0 Å². The number of nitrogens with one attached hydrogen (secondary N) is 1. The zero-order valence-corrected chi connectivity index (χ0v) is 16.4. The lowest BCUT2D eigenvalue weighted by Gasteiger charge is -2.08. The Labute approximate surface area is 158 Å². The lowest BCUT2D eigenvalue weighted by Crippen LogP contribution is -2.14. The van der Waals surface area contributed by atoms with Crippen molar-refractivity contribution in [1.29, 1.82) is 0 Å². The predicted octanol–water partition coefficient (Wildman–Crippen LogP) is 3.56. The highest BCUT2D eigenvalue weighted by molar-refractivity contribution is 7.93. The van der Waals surface area contributed by atoms with Crippen LogP contribution in [0.15, 0.2) is 45.6 Å². The van der Waals surface area contributed by atoms with Crippen LogP contribution < -0.4 is 4.72 Å². The van der Waals surface area contributed by atoms with E-state index in [0.29, 0.717) is 22.7 Å². The summed E-state index contributed by atoms with van der Waals surface area (Å²) in [5.41, 5.74) is 0.514. The van der Waals surface area contributed by atoms with Crippen molar-refractivity contribution in [2.24, 2.45) is 0 Å². The number of hydrogen-bond acceptors (Lipinski definition) is 6. The first-order chi connectivity index (χ1) is 12.6. The van der Waals surface area contributed by atoms with Crippen LogP contribution in [0.3, 0.4) is 0 Å². The van der Waals surface area contributed by atoms with Crippen molar-refractivity contribution in [3.05, 3.63) is 48.0 Å². The van der Waals surface area contributed by atoms with Gasteiger partial charge >= 0.3 is 0 Å².